The van der Waals surface area contributed by atoms with E-state index in [-0.39, 0.29) is 24.6 Å². The van der Waals surface area contributed by atoms with E-state index < -0.39 is 5.97 Å². The van der Waals surface area contributed by atoms with Crippen LogP contribution in [0.4, 0.5) is 4.39 Å². The molecule has 0 aliphatic heterocycles. The third kappa shape index (κ3) is 5.92. The Morgan fingerprint density at radius 2 is 1.97 bits per heavy atom. The lowest BCUT2D eigenvalue weighted by atomic mass is 10.1. The Morgan fingerprint density at radius 1 is 1.19 bits per heavy atom. The van der Waals surface area contributed by atoms with Gasteiger partial charge in [0.05, 0.1) is 19.3 Å². The number of hydrogen-bond acceptors (Lipinski definition) is 8. The largest absolute Gasteiger partial charge is 0.487 e. The van der Waals surface area contributed by atoms with E-state index in [0.717, 1.165) is 6.42 Å². The van der Waals surface area contributed by atoms with Crippen LogP contribution in [0, 0.1) is 5.82 Å². The number of carbonyl (C=O) groups is 1. The SMILES string of the molecule is CCCO/N=C(\COc1cc(CO)cc(C(=O)OC)c1)c1cc(-c2ccc(F)cc2)no1. The lowest BCUT2D eigenvalue weighted by Gasteiger charge is -2.10. The van der Waals surface area contributed by atoms with Gasteiger partial charge in [-0.15, -0.1) is 0 Å². The number of carbonyl (C=O) groups excluding carboxylic acids is 1. The van der Waals surface area contributed by atoms with Crippen molar-refractivity contribution in [3.8, 4) is 17.0 Å². The van der Waals surface area contributed by atoms with Crippen LogP contribution in [0.3, 0.4) is 0 Å². The van der Waals surface area contributed by atoms with E-state index in [0.29, 0.717) is 40.6 Å². The van der Waals surface area contributed by atoms with Crippen molar-refractivity contribution in [1.82, 2.24) is 5.16 Å². The van der Waals surface area contributed by atoms with Crippen LogP contribution in [-0.4, -0.2) is 42.3 Å². The van der Waals surface area contributed by atoms with Gasteiger partial charge in [-0.3, -0.25) is 0 Å². The molecule has 1 aromatic heterocycles. The van der Waals surface area contributed by atoms with E-state index in [9.17, 15) is 14.3 Å². The van der Waals surface area contributed by atoms with Gasteiger partial charge in [0.1, 0.15) is 30.5 Å². The molecule has 2 aromatic carbocycles. The molecule has 0 aliphatic carbocycles. The Hall–Kier alpha value is -3.72. The Labute approximate surface area is 184 Å². The minimum Gasteiger partial charge on any atom is -0.487 e. The number of rotatable bonds is 10. The maximum Gasteiger partial charge on any atom is 0.337 e. The fourth-order valence-corrected chi connectivity index (χ4v) is 2.75. The lowest BCUT2D eigenvalue weighted by molar-refractivity contribution is 0.0600. The fraction of sp³-hybridized carbons (Fsp3) is 0.261. The van der Waals surface area contributed by atoms with Crippen LogP contribution in [-0.2, 0) is 16.2 Å². The number of benzene rings is 2. The Morgan fingerprint density at radius 3 is 2.66 bits per heavy atom. The number of aliphatic hydroxyl groups is 1. The number of esters is 1. The zero-order valence-electron chi connectivity index (χ0n) is 17.7. The molecular formula is C23H23FN2O6. The van der Waals surface area contributed by atoms with Gasteiger partial charge in [-0.05, 0) is 54.4 Å². The average Bonchev–Trinajstić information content (AvgIpc) is 3.31. The molecular weight excluding hydrogens is 419 g/mol. The topological polar surface area (TPSA) is 103 Å². The highest BCUT2D eigenvalue weighted by atomic mass is 19.1. The molecule has 8 nitrogen and oxygen atoms in total. The van der Waals surface area contributed by atoms with Crippen molar-refractivity contribution < 1.29 is 33.1 Å². The first-order valence-corrected chi connectivity index (χ1v) is 9.91. The summed E-state index contributed by atoms with van der Waals surface area (Å²) in [7, 11) is 1.27. The van der Waals surface area contributed by atoms with Crippen LogP contribution < -0.4 is 4.74 Å². The summed E-state index contributed by atoms with van der Waals surface area (Å²) in [5, 5.41) is 17.6. The average molecular weight is 442 g/mol. The van der Waals surface area contributed by atoms with Crippen molar-refractivity contribution >= 4 is 11.7 Å². The Bertz CT molecular complexity index is 1080. The van der Waals surface area contributed by atoms with Gasteiger partial charge in [0.2, 0.25) is 0 Å². The van der Waals surface area contributed by atoms with Crippen LogP contribution in [0.1, 0.15) is 35.0 Å². The third-order valence-corrected chi connectivity index (χ3v) is 4.35. The summed E-state index contributed by atoms with van der Waals surface area (Å²) in [6.07, 6.45) is 0.760. The molecule has 1 N–H and O–H groups in total. The third-order valence-electron chi connectivity index (χ3n) is 4.35. The molecule has 0 radical (unpaired) electrons. The first kappa shape index (κ1) is 23.0. The molecule has 0 aliphatic rings. The monoisotopic (exact) mass is 442 g/mol. The highest BCUT2D eigenvalue weighted by Crippen LogP contribution is 2.22. The predicted octanol–water partition coefficient (Wildman–Crippen LogP) is 3.97. The van der Waals surface area contributed by atoms with E-state index in [1.807, 2.05) is 6.92 Å². The van der Waals surface area contributed by atoms with Gasteiger partial charge in [-0.25, -0.2) is 9.18 Å². The molecule has 0 fully saturated rings. The van der Waals surface area contributed by atoms with Crippen molar-refractivity contribution in [3.63, 3.8) is 0 Å². The normalized spacial score (nSPS) is 11.3. The summed E-state index contributed by atoms with van der Waals surface area (Å²) in [5.41, 5.74) is 2.23. The second-order valence-corrected chi connectivity index (χ2v) is 6.76. The molecule has 0 atom stereocenters. The van der Waals surface area contributed by atoms with Crippen LogP contribution in [0.25, 0.3) is 11.3 Å². The molecule has 0 saturated carbocycles. The van der Waals surface area contributed by atoms with Crippen LogP contribution in [0.15, 0.2) is 58.2 Å². The predicted molar refractivity (Wildman–Crippen MR) is 114 cm³/mol. The van der Waals surface area contributed by atoms with Gasteiger partial charge in [-0.2, -0.15) is 0 Å². The highest BCUT2D eigenvalue weighted by Gasteiger charge is 2.16. The van der Waals surface area contributed by atoms with E-state index in [2.05, 4.69) is 10.3 Å². The molecule has 168 valence electrons. The van der Waals surface area contributed by atoms with E-state index in [1.54, 1.807) is 24.3 Å². The molecule has 32 heavy (non-hydrogen) atoms. The first-order valence-electron chi connectivity index (χ1n) is 9.91. The second-order valence-electron chi connectivity index (χ2n) is 6.76. The number of aromatic nitrogens is 1. The number of halogens is 1. The molecule has 9 heteroatoms. The smallest absolute Gasteiger partial charge is 0.337 e. The van der Waals surface area contributed by atoms with Crippen LogP contribution in [0.5, 0.6) is 5.75 Å². The lowest BCUT2D eigenvalue weighted by Crippen LogP contribution is -2.14. The molecule has 3 aromatic rings. The molecule has 0 amide bonds. The minimum atomic E-state index is -0.551. The molecule has 1 heterocycles. The summed E-state index contributed by atoms with van der Waals surface area (Å²) in [5.74, 6) is -0.257. The summed E-state index contributed by atoms with van der Waals surface area (Å²) in [4.78, 5) is 17.2. The first-order chi connectivity index (χ1) is 15.5. The van der Waals surface area contributed by atoms with E-state index >= 15 is 0 Å². The maximum atomic E-state index is 13.2. The van der Waals surface area contributed by atoms with Crippen LogP contribution in [0.2, 0.25) is 0 Å². The number of hydrogen-bond donors (Lipinski definition) is 1. The molecule has 0 saturated heterocycles. The van der Waals surface area contributed by atoms with Crippen molar-refractivity contribution in [3.05, 3.63) is 71.2 Å². The van der Waals surface area contributed by atoms with Gasteiger partial charge in [0.25, 0.3) is 0 Å². The summed E-state index contributed by atoms with van der Waals surface area (Å²) < 4.78 is 29.1. The standard InChI is InChI=1S/C23H23FN2O6/c1-3-8-31-25-21(22-12-20(26-32-22)16-4-6-18(24)7-5-16)14-30-19-10-15(13-27)9-17(11-19)23(28)29-2/h4-7,9-12,27H,3,8,13-14H2,1-2H3/b25-21+. The molecule has 0 unspecified atom stereocenters. The van der Waals surface area contributed by atoms with Crippen molar-refractivity contribution in [2.75, 3.05) is 20.3 Å². The van der Waals surface area contributed by atoms with Gasteiger partial charge in [0, 0.05) is 11.6 Å². The summed E-state index contributed by atoms with van der Waals surface area (Å²) >= 11 is 0. The van der Waals surface area contributed by atoms with Gasteiger partial charge >= 0.3 is 5.97 Å². The number of methoxy groups -OCH3 is 1. The number of nitrogens with zero attached hydrogens (tertiary/aromatic N) is 2. The summed E-state index contributed by atoms with van der Waals surface area (Å²) in [6.45, 7) is 2.01. The second kappa shape index (κ2) is 11.1. The zero-order chi connectivity index (χ0) is 22.9. The minimum absolute atomic E-state index is 0.0583. The molecule has 0 bridgehead atoms. The number of oxime groups is 1. The van der Waals surface area contributed by atoms with Crippen molar-refractivity contribution in [2.45, 2.75) is 20.0 Å². The molecule has 0 spiro atoms. The summed E-state index contributed by atoms with van der Waals surface area (Å²) in [6, 6.07) is 12.1. The maximum absolute atomic E-state index is 13.2. The number of ether oxygens (including phenoxy) is 2. The van der Waals surface area contributed by atoms with Gasteiger partial charge < -0.3 is 23.9 Å². The highest BCUT2D eigenvalue weighted by molar-refractivity contribution is 5.99. The Balaban J connectivity index is 1.82. The van der Waals surface area contributed by atoms with E-state index in [4.69, 9.17) is 18.8 Å². The van der Waals surface area contributed by atoms with Crippen molar-refractivity contribution in [1.29, 1.82) is 0 Å². The Kier molecular flexibility index (Phi) is 7.93. The zero-order valence-corrected chi connectivity index (χ0v) is 17.7. The van der Waals surface area contributed by atoms with E-state index in [1.165, 1.54) is 31.4 Å². The fourth-order valence-electron chi connectivity index (χ4n) is 2.75. The molecule has 3 rings (SSSR count). The van der Waals surface area contributed by atoms with Gasteiger partial charge in [-0.1, -0.05) is 17.2 Å². The van der Waals surface area contributed by atoms with Gasteiger partial charge in [0.15, 0.2) is 11.5 Å². The van der Waals surface area contributed by atoms with Crippen LogP contribution >= 0.6 is 0 Å². The number of aliphatic hydroxyl groups excluding tert-OH is 1. The van der Waals surface area contributed by atoms with Crippen molar-refractivity contribution in [2.24, 2.45) is 5.16 Å². The quantitative estimate of drug-likeness (QED) is 0.219.